The minimum atomic E-state index is -0.482. The van der Waals surface area contributed by atoms with Gasteiger partial charge in [-0.05, 0) is 36.4 Å². The van der Waals surface area contributed by atoms with E-state index in [9.17, 15) is 14.9 Å². The van der Waals surface area contributed by atoms with Crippen LogP contribution in [0.25, 0.3) is 11.3 Å². The monoisotopic (exact) mass is 486 g/mol. The molecule has 1 aromatic heterocycles. The SMILES string of the molecule is O=C(CNc1ccc2c(c1)OCO2)N/N=C\c1ccc(-c2ccc(Br)cc2[N+](=O)[O-])o1. The molecule has 0 radical (unpaired) electrons. The van der Waals surface area contributed by atoms with E-state index >= 15 is 0 Å². The minimum absolute atomic E-state index is 0.00846. The van der Waals surface area contributed by atoms with Crippen molar-refractivity contribution in [1.82, 2.24) is 5.43 Å². The van der Waals surface area contributed by atoms with E-state index in [1.807, 2.05) is 0 Å². The topological polar surface area (TPSA) is 128 Å². The maximum absolute atomic E-state index is 12.0. The van der Waals surface area contributed by atoms with Crippen LogP contribution in [0.2, 0.25) is 0 Å². The van der Waals surface area contributed by atoms with Crippen LogP contribution in [-0.2, 0) is 4.79 Å². The lowest BCUT2D eigenvalue weighted by molar-refractivity contribution is -0.384. The van der Waals surface area contributed by atoms with Gasteiger partial charge in [0.15, 0.2) is 11.5 Å². The van der Waals surface area contributed by atoms with Crippen LogP contribution in [0.1, 0.15) is 5.76 Å². The van der Waals surface area contributed by atoms with Gasteiger partial charge in [-0.15, -0.1) is 0 Å². The lowest BCUT2D eigenvalue weighted by Crippen LogP contribution is -2.25. The summed E-state index contributed by atoms with van der Waals surface area (Å²) in [6.45, 7) is 0.170. The van der Waals surface area contributed by atoms with Gasteiger partial charge in [-0.1, -0.05) is 15.9 Å². The van der Waals surface area contributed by atoms with E-state index in [0.29, 0.717) is 38.7 Å². The zero-order valence-corrected chi connectivity index (χ0v) is 17.4. The van der Waals surface area contributed by atoms with E-state index < -0.39 is 4.92 Å². The predicted octanol–water partition coefficient (Wildman–Crippen LogP) is 3.91. The highest BCUT2D eigenvalue weighted by Gasteiger charge is 2.18. The molecule has 3 aromatic rings. The number of hydrogen-bond acceptors (Lipinski definition) is 8. The largest absolute Gasteiger partial charge is 0.455 e. The fourth-order valence-corrected chi connectivity index (χ4v) is 3.18. The van der Waals surface area contributed by atoms with E-state index in [1.165, 1.54) is 12.3 Å². The van der Waals surface area contributed by atoms with Gasteiger partial charge in [0.1, 0.15) is 11.5 Å². The summed E-state index contributed by atoms with van der Waals surface area (Å²) in [5.74, 6) is 1.55. The number of furan rings is 1. The molecule has 31 heavy (non-hydrogen) atoms. The van der Waals surface area contributed by atoms with E-state index in [-0.39, 0.29) is 24.9 Å². The quantitative estimate of drug-likeness (QED) is 0.294. The molecule has 0 saturated carbocycles. The Hall–Kier alpha value is -3.86. The van der Waals surface area contributed by atoms with E-state index in [1.54, 1.807) is 42.5 Å². The first-order valence-electron chi connectivity index (χ1n) is 8.99. The van der Waals surface area contributed by atoms with Crippen LogP contribution in [-0.4, -0.2) is 30.4 Å². The number of carbonyl (C=O) groups excluding carboxylic acids is 1. The molecule has 1 aliphatic rings. The van der Waals surface area contributed by atoms with Gasteiger partial charge in [0.05, 0.1) is 23.2 Å². The number of hydrogen-bond donors (Lipinski definition) is 2. The number of benzene rings is 2. The summed E-state index contributed by atoms with van der Waals surface area (Å²) in [6, 6.07) is 13.1. The van der Waals surface area contributed by atoms with Crippen molar-refractivity contribution in [2.45, 2.75) is 0 Å². The molecule has 0 unspecified atom stereocenters. The Bertz CT molecular complexity index is 1180. The van der Waals surface area contributed by atoms with Gasteiger partial charge >= 0.3 is 0 Å². The minimum Gasteiger partial charge on any atom is -0.455 e. The lowest BCUT2D eigenvalue weighted by Gasteiger charge is -2.06. The van der Waals surface area contributed by atoms with Crippen LogP contribution in [0, 0.1) is 10.1 Å². The van der Waals surface area contributed by atoms with Crippen LogP contribution in [0.3, 0.4) is 0 Å². The normalized spacial score (nSPS) is 12.2. The second-order valence-corrected chi connectivity index (χ2v) is 7.25. The molecule has 1 amide bonds. The average Bonchev–Trinajstić information content (AvgIpc) is 3.41. The summed E-state index contributed by atoms with van der Waals surface area (Å²) < 4.78 is 16.7. The second kappa shape index (κ2) is 8.88. The molecule has 11 heteroatoms. The smallest absolute Gasteiger partial charge is 0.281 e. The predicted molar refractivity (Wildman–Crippen MR) is 115 cm³/mol. The van der Waals surface area contributed by atoms with Crippen LogP contribution < -0.4 is 20.2 Å². The number of ether oxygens (including phenoxy) is 2. The summed E-state index contributed by atoms with van der Waals surface area (Å²) >= 11 is 3.22. The number of nitro groups is 1. The molecule has 0 atom stereocenters. The number of nitrogens with zero attached hydrogens (tertiary/aromatic N) is 2. The Morgan fingerprint density at radius 2 is 2.00 bits per heavy atom. The number of amides is 1. The summed E-state index contributed by atoms with van der Waals surface area (Å²) in [6.07, 6.45) is 1.31. The number of anilines is 1. The van der Waals surface area contributed by atoms with Crippen LogP contribution >= 0.6 is 15.9 Å². The Morgan fingerprint density at radius 1 is 1.16 bits per heavy atom. The summed E-state index contributed by atoms with van der Waals surface area (Å²) in [5, 5.41) is 18.1. The third-order valence-electron chi connectivity index (χ3n) is 4.26. The van der Waals surface area contributed by atoms with Gasteiger partial charge in [-0.2, -0.15) is 5.10 Å². The molecule has 0 spiro atoms. The Labute approximate surface area is 184 Å². The first kappa shape index (κ1) is 20.4. The van der Waals surface area contributed by atoms with Gasteiger partial charge in [0.2, 0.25) is 6.79 Å². The number of fused-ring (bicyclic) bond motifs is 1. The summed E-state index contributed by atoms with van der Waals surface area (Å²) in [5.41, 5.74) is 3.33. The molecule has 0 aliphatic carbocycles. The fourth-order valence-electron chi connectivity index (χ4n) is 2.83. The van der Waals surface area contributed by atoms with Crippen molar-refractivity contribution in [2.24, 2.45) is 5.10 Å². The van der Waals surface area contributed by atoms with Crippen molar-refractivity contribution in [2.75, 3.05) is 18.7 Å². The van der Waals surface area contributed by atoms with Crippen LogP contribution in [0.4, 0.5) is 11.4 Å². The van der Waals surface area contributed by atoms with Crippen molar-refractivity contribution < 1.29 is 23.6 Å². The zero-order chi connectivity index (χ0) is 21.8. The molecule has 2 heterocycles. The average molecular weight is 487 g/mol. The molecule has 158 valence electrons. The molecular formula is C20H15BrN4O6. The Balaban J connectivity index is 1.33. The third kappa shape index (κ3) is 4.83. The number of nitro benzene ring substituents is 1. The Kier molecular flexibility index (Phi) is 5.85. The molecule has 2 aromatic carbocycles. The first-order chi connectivity index (χ1) is 15.0. The van der Waals surface area contributed by atoms with Gasteiger partial charge in [-0.3, -0.25) is 14.9 Å². The number of nitrogens with one attached hydrogen (secondary N) is 2. The molecule has 10 nitrogen and oxygen atoms in total. The Morgan fingerprint density at radius 3 is 2.84 bits per heavy atom. The number of carbonyl (C=O) groups is 1. The van der Waals surface area contributed by atoms with Crippen molar-refractivity contribution in [3.05, 3.63) is 68.9 Å². The van der Waals surface area contributed by atoms with E-state index in [4.69, 9.17) is 13.9 Å². The van der Waals surface area contributed by atoms with E-state index in [2.05, 4.69) is 31.8 Å². The maximum Gasteiger partial charge on any atom is 0.281 e. The third-order valence-corrected chi connectivity index (χ3v) is 4.75. The second-order valence-electron chi connectivity index (χ2n) is 6.34. The summed E-state index contributed by atoms with van der Waals surface area (Å²) in [7, 11) is 0. The van der Waals surface area contributed by atoms with Crippen molar-refractivity contribution in [1.29, 1.82) is 0 Å². The molecule has 0 saturated heterocycles. The van der Waals surface area contributed by atoms with Gasteiger partial charge in [0, 0.05) is 22.3 Å². The molecule has 1 aliphatic heterocycles. The lowest BCUT2D eigenvalue weighted by atomic mass is 10.1. The van der Waals surface area contributed by atoms with Crippen LogP contribution in [0.5, 0.6) is 11.5 Å². The number of halogens is 1. The van der Waals surface area contributed by atoms with Gasteiger partial charge < -0.3 is 19.2 Å². The van der Waals surface area contributed by atoms with Crippen molar-refractivity contribution in [3.63, 3.8) is 0 Å². The fraction of sp³-hybridized carbons (Fsp3) is 0.100. The molecule has 0 fully saturated rings. The standard InChI is InChI=1S/C20H15BrN4O6/c21-12-1-4-15(16(7-12)25(27)28)17-6-3-14(31-17)9-23-24-20(26)10-22-13-2-5-18-19(8-13)30-11-29-18/h1-9,22H,10-11H2,(H,24,26)/b23-9-. The highest BCUT2D eigenvalue weighted by atomic mass is 79.9. The molecule has 0 bridgehead atoms. The number of rotatable bonds is 7. The summed E-state index contributed by atoms with van der Waals surface area (Å²) in [4.78, 5) is 22.8. The zero-order valence-electron chi connectivity index (χ0n) is 15.8. The first-order valence-corrected chi connectivity index (χ1v) is 9.78. The van der Waals surface area contributed by atoms with Gasteiger partial charge in [0.25, 0.3) is 11.6 Å². The molecular weight excluding hydrogens is 472 g/mol. The highest BCUT2D eigenvalue weighted by molar-refractivity contribution is 9.10. The molecule has 4 rings (SSSR count). The van der Waals surface area contributed by atoms with Gasteiger partial charge in [-0.25, -0.2) is 5.43 Å². The maximum atomic E-state index is 12.0. The molecule has 2 N–H and O–H groups in total. The van der Waals surface area contributed by atoms with Crippen LogP contribution in [0.15, 0.2) is 62.5 Å². The highest BCUT2D eigenvalue weighted by Crippen LogP contribution is 2.34. The number of hydrazone groups is 1. The van der Waals surface area contributed by atoms with Crippen molar-refractivity contribution in [3.8, 4) is 22.8 Å². The van der Waals surface area contributed by atoms with E-state index in [0.717, 1.165) is 0 Å². The van der Waals surface area contributed by atoms with Crippen molar-refractivity contribution >= 4 is 39.4 Å².